The van der Waals surface area contributed by atoms with Gasteiger partial charge in [-0.05, 0) is 62.6 Å². The van der Waals surface area contributed by atoms with Crippen LogP contribution < -0.4 is 14.4 Å². The fourth-order valence-electron chi connectivity index (χ4n) is 6.08. The highest BCUT2D eigenvalue weighted by Gasteiger charge is 2.21. The van der Waals surface area contributed by atoms with E-state index in [1.165, 1.54) is 0 Å². The Labute approximate surface area is 275 Å². The molecule has 0 amide bonds. The van der Waals surface area contributed by atoms with Crippen LogP contribution in [0.4, 0.5) is 5.69 Å². The van der Waals surface area contributed by atoms with Crippen LogP contribution in [-0.4, -0.2) is 96.0 Å². The first-order valence-electron chi connectivity index (χ1n) is 16.5. The number of anilines is 1. The summed E-state index contributed by atoms with van der Waals surface area (Å²) in [6.07, 6.45) is 8.26. The minimum Gasteiger partial charge on any atom is -0.493 e. The highest BCUT2D eigenvalue weighted by molar-refractivity contribution is 5.96. The Hall–Kier alpha value is -4.16. The van der Waals surface area contributed by atoms with Crippen LogP contribution in [-0.2, 0) is 22.5 Å². The van der Waals surface area contributed by atoms with Crippen molar-refractivity contribution in [3.63, 3.8) is 0 Å². The molecule has 1 N–H and O–H groups in total. The number of benzene rings is 1. The van der Waals surface area contributed by atoms with E-state index in [0.29, 0.717) is 52.4 Å². The van der Waals surface area contributed by atoms with E-state index in [0.717, 1.165) is 82.9 Å². The van der Waals surface area contributed by atoms with Gasteiger partial charge in [0.2, 0.25) is 0 Å². The van der Waals surface area contributed by atoms with E-state index >= 15 is 0 Å². The average Bonchev–Trinajstić information content (AvgIpc) is 3.11. The molecule has 6 rings (SSSR count). The van der Waals surface area contributed by atoms with Crippen LogP contribution in [0.3, 0.4) is 0 Å². The van der Waals surface area contributed by atoms with Crippen LogP contribution >= 0.6 is 0 Å². The number of morpholine rings is 1. The molecule has 5 heterocycles. The molecule has 0 atom stereocenters. The van der Waals surface area contributed by atoms with E-state index in [1.54, 1.807) is 36.8 Å². The van der Waals surface area contributed by atoms with Gasteiger partial charge in [-0.15, -0.1) is 0 Å². The second-order valence-corrected chi connectivity index (χ2v) is 11.8. The van der Waals surface area contributed by atoms with Gasteiger partial charge in [0.15, 0.2) is 5.78 Å². The zero-order chi connectivity index (χ0) is 32.4. The van der Waals surface area contributed by atoms with Crippen LogP contribution in [0.2, 0.25) is 0 Å². The Morgan fingerprint density at radius 3 is 2.57 bits per heavy atom. The summed E-state index contributed by atoms with van der Waals surface area (Å²) in [5, 5.41) is 10.9. The van der Waals surface area contributed by atoms with Crippen molar-refractivity contribution in [1.82, 2.24) is 19.9 Å². The fraction of sp³-hybridized carbons (Fsp3) is 0.444. The van der Waals surface area contributed by atoms with E-state index in [4.69, 9.17) is 18.9 Å². The van der Waals surface area contributed by atoms with Crippen LogP contribution in [0.25, 0.3) is 10.9 Å². The molecule has 4 aromatic rings. The summed E-state index contributed by atoms with van der Waals surface area (Å²) in [6.45, 7) is 9.32. The fourth-order valence-corrected chi connectivity index (χ4v) is 6.08. The Bertz CT molecular complexity index is 1620. The van der Waals surface area contributed by atoms with Crippen molar-refractivity contribution >= 4 is 22.4 Å². The molecule has 0 bridgehead atoms. The van der Waals surface area contributed by atoms with Gasteiger partial charge in [-0.25, -0.2) is 0 Å². The molecule has 0 aliphatic carbocycles. The van der Waals surface area contributed by atoms with Gasteiger partial charge in [0, 0.05) is 80.1 Å². The number of pyridine rings is 3. The molecule has 248 valence electrons. The van der Waals surface area contributed by atoms with Crippen molar-refractivity contribution in [3.05, 3.63) is 78.0 Å². The van der Waals surface area contributed by atoms with Crippen LogP contribution in [0.1, 0.15) is 47.9 Å². The van der Waals surface area contributed by atoms with Gasteiger partial charge in [-0.2, -0.15) is 0 Å². The lowest BCUT2D eigenvalue weighted by Gasteiger charge is -2.33. The van der Waals surface area contributed by atoms with E-state index in [-0.39, 0.29) is 18.8 Å². The third kappa shape index (κ3) is 8.61. The number of carbonyl (C=O) groups excluding carboxylic acids is 1. The first kappa shape index (κ1) is 32.8. The molecule has 2 aliphatic heterocycles. The predicted molar refractivity (Wildman–Crippen MR) is 178 cm³/mol. The van der Waals surface area contributed by atoms with Gasteiger partial charge in [0.25, 0.3) is 0 Å². The third-order valence-corrected chi connectivity index (χ3v) is 8.64. The second-order valence-electron chi connectivity index (χ2n) is 11.8. The molecule has 0 spiro atoms. The maximum absolute atomic E-state index is 13.1. The van der Waals surface area contributed by atoms with Gasteiger partial charge in [0.1, 0.15) is 22.9 Å². The van der Waals surface area contributed by atoms with Crippen molar-refractivity contribution in [3.8, 4) is 17.2 Å². The molecule has 47 heavy (non-hydrogen) atoms. The minimum atomic E-state index is -0.169. The summed E-state index contributed by atoms with van der Waals surface area (Å²) < 4.78 is 23.4. The van der Waals surface area contributed by atoms with Crippen LogP contribution in [0.5, 0.6) is 17.2 Å². The summed E-state index contributed by atoms with van der Waals surface area (Å²) in [6, 6.07) is 12.9. The molecule has 0 radical (unpaired) electrons. The molecule has 0 saturated carbocycles. The standard InChI is InChI=1S/C36H43N5O6/c1-2-45-29-8-13-41(14-9-29)28-6-10-38-33(22-28)34(43)21-27-4-5-30(24-39-27)47-35-7-11-37-32-23-36(26(25-42)20-31(32)35)46-17-3-12-40-15-18-44-19-16-40/h4-7,10-11,20,22-24,29,42H,2-3,8-9,12-19,21,25H2,1H3. The number of aliphatic hydroxyl groups excluding tert-OH is 1. The number of hydrogen-bond donors (Lipinski definition) is 1. The first-order valence-corrected chi connectivity index (χ1v) is 16.5. The van der Waals surface area contributed by atoms with Crippen molar-refractivity contribution in [1.29, 1.82) is 0 Å². The van der Waals surface area contributed by atoms with E-state index in [2.05, 4.69) is 24.8 Å². The number of piperidine rings is 1. The van der Waals surface area contributed by atoms with Crippen molar-refractivity contribution in [2.75, 3.05) is 64.1 Å². The lowest BCUT2D eigenvalue weighted by Crippen LogP contribution is -2.37. The van der Waals surface area contributed by atoms with E-state index in [9.17, 15) is 9.90 Å². The highest BCUT2D eigenvalue weighted by atomic mass is 16.5. The van der Waals surface area contributed by atoms with Gasteiger partial charge < -0.3 is 29.0 Å². The quantitative estimate of drug-likeness (QED) is 0.150. The lowest BCUT2D eigenvalue weighted by atomic mass is 10.1. The zero-order valence-electron chi connectivity index (χ0n) is 27.0. The van der Waals surface area contributed by atoms with Gasteiger partial charge in [-0.1, -0.05) is 0 Å². The number of fused-ring (bicyclic) bond motifs is 1. The molecule has 2 aliphatic rings. The van der Waals surface area contributed by atoms with Gasteiger partial charge >= 0.3 is 0 Å². The molecule has 2 fully saturated rings. The molecule has 1 aromatic carbocycles. The van der Waals surface area contributed by atoms with E-state index < -0.39 is 0 Å². The third-order valence-electron chi connectivity index (χ3n) is 8.64. The summed E-state index contributed by atoms with van der Waals surface area (Å²) >= 11 is 0. The molecule has 11 heteroatoms. The number of Topliss-reactive ketones (excluding diaryl/α,β-unsaturated/α-hetero) is 1. The Morgan fingerprint density at radius 1 is 0.979 bits per heavy atom. The average molecular weight is 642 g/mol. The van der Waals surface area contributed by atoms with Crippen LogP contribution in [0, 0.1) is 0 Å². The number of carbonyl (C=O) groups is 1. The van der Waals surface area contributed by atoms with Gasteiger partial charge in [-0.3, -0.25) is 24.6 Å². The largest absolute Gasteiger partial charge is 0.493 e. The zero-order valence-corrected chi connectivity index (χ0v) is 27.0. The maximum Gasteiger partial charge on any atom is 0.187 e. The van der Waals surface area contributed by atoms with Crippen LogP contribution in [0.15, 0.2) is 61.1 Å². The molecule has 11 nitrogen and oxygen atoms in total. The van der Waals surface area contributed by atoms with Gasteiger partial charge in [0.05, 0.1) is 50.7 Å². The van der Waals surface area contributed by atoms with Crippen molar-refractivity contribution in [2.24, 2.45) is 0 Å². The minimum absolute atomic E-state index is 0.0898. The molecule has 3 aromatic heterocycles. The van der Waals surface area contributed by atoms with Crippen molar-refractivity contribution < 1.29 is 28.8 Å². The monoisotopic (exact) mass is 641 g/mol. The summed E-state index contributed by atoms with van der Waals surface area (Å²) in [7, 11) is 0. The normalized spacial score (nSPS) is 16.0. The molecule has 0 unspecified atom stereocenters. The summed E-state index contributed by atoms with van der Waals surface area (Å²) in [5.74, 6) is 1.64. The number of hydrogen-bond acceptors (Lipinski definition) is 11. The SMILES string of the molecule is CCOC1CCN(c2ccnc(C(=O)Cc3ccc(Oc4ccnc5cc(OCCCN6CCOCC6)c(CO)cc45)cn3)c2)CC1. The Kier molecular flexibility index (Phi) is 11.2. The smallest absolute Gasteiger partial charge is 0.187 e. The lowest BCUT2D eigenvalue weighted by molar-refractivity contribution is 0.0357. The predicted octanol–water partition coefficient (Wildman–Crippen LogP) is 4.84. The Morgan fingerprint density at radius 2 is 1.81 bits per heavy atom. The van der Waals surface area contributed by atoms with E-state index in [1.807, 2.05) is 31.2 Å². The second kappa shape index (κ2) is 16.1. The number of nitrogens with zero attached hydrogens (tertiary/aromatic N) is 5. The molecular weight excluding hydrogens is 598 g/mol. The van der Waals surface area contributed by atoms with Crippen molar-refractivity contribution in [2.45, 2.75) is 45.3 Å². The molecular formula is C36H43N5O6. The molecule has 2 saturated heterocycles. The highest BCUT2D eigenvalue weighted by Crippen LogP contribution is 2.33. The topological polar surface area (TPSA) is 119 Å². The summed E-state index contributed by atoms with van der Waals surface area (Å²) in [4.78, 5) is 31.1. The summed E-state index contributed by atoms with van der Waals surface area (Å²) in [5.41, 5.74) is 3.43. The number of ketones is 1. The number of aromatic nitrogens is 3. The number of aliphatic hydroxyl groups is 1. The number of ether oxygens (including phenoxy) is 4. The number of rotatable bonds is 14. The maximum atomic E-state index is 13.1. The first-order chi connectivity index (χ1) is 23.1. The Balaban J connectivity index is 1.06.